The Hall–Kier alpha value is -3.48. The molecule has 0 radical (unpaired) electrons. The van der Waals surface area contributed by atoms with Gasteiger partial charge in [0.25, 0.3) is 0 Å². The number of aromatic nitrogens is 1. The average molecular weight is 538 g/mol. The Morgan fingerprint density at radius 1 is 1.18 bits per heavy atom. The third kappa shape index (κ3) is 6.40. The third-order valence-corrected chi connectivity index (χ3v) is 7.96. The highest BCUT2D eigenvalue weighted by atomic mass is 19.1. The number of methoxy groups -OCH3 is 1. The van der Waals surface area contributed by atoms with Crippen LogP contribution in [0.4, 0.5) is 8.78 Å². The van der Waals surface area contributed by atoms with Gasteiger partial charge in [-0.15, -0.1) is 0 Å². The van der Waals surface area contributed by atoms with Crippen molar-refractivity contribution in [3.05, 3.63) is 77.0 Å². The lowest BCUT2D eigenvalue weighted by atomic mass is 9.75. The van der Waals surface area contributed by atoms with E-state index in [1.807, 2.05) is 25.1 Å². The lowest BCUT2D eigenvalue weighted by Crippen LogP contribution is -2.17. The first-order valence-electron chi connectivity index (χ1n) is 13.6. The molecule has 4 rings (SSSR count). The van der Waals surface area contributed by atoms with Crippen LogP contribution in [0, 0.1) is 17.0 Å². The lowest BCUT2D eigenvalue weighted by molar-refractivity contribution is -0.137. The molecule has 1 fully saturated rings. The molecule has 0 spiro atoms. The average Bonchev–Trinajstić information content (AvgIpc) is 3.26. The van der Waals surface area contributed by atoms with Crippen molar-refractivity contribution in [1.29, 1.82) is 0 Å². The van der Waals surface area contributed by atoms with Crippen LogP contribution in [-0.2, 0) is 11.4 Å². The Labute approximate surface area is 229 Å². The van der Waals surface area contributed by atoms with Crippen molar-refractivity contribution in [3.8, 4) is 22.8 Å². The second-order valence-corrected chi connectivity index (χ2v) is 11.1. The van der Waals surface area contributed by atoms with Crippen LogP contribution in [0.2, 0.25) is 0 Å². The van der Waals surface area contributed by atoms with Crippen molar-refractivity contribution in [2.45, 2.75) is 77.7 Å². The summed E-state index contributed by atoms with van der Waals surface area (Å²) in [4.78, 5) is 15.3. The first-order valence-corrected chi connectivity index (χ1v) is 13.6. The molecular formula is C32H37F2NO4. The number of nitrogens with zero attached hydrogens (tertiary/aromatic N) is 1. The SMILES string of the molecule is CCC[C@@H](CC(=O)O)c1cccc(OCc2ccc(-c3cc(OC)ncc3F)c([C@H]3CCCC3(C)C)c2)c1F. The second kappa shape index (κ2) is 12.1. The number of halogens is 2. The zero-order valence-corrected chi connectivity index (χ0v) is 23.1. The maximum Gasteiger partial charge on any atom is 0.303 e. The Morgan fingerprint density at radius 2 is 1.97 bits per heavy atom. The minimum Gasteiger partial charge on any atom is -0.486 e. The number of carboxylic acids is 1. The molecule has 2 atom stereocenters. The number of pyridine rings is 1. The van der Waals surface area contributed by atoms with Gasteiger partial charge in [0.2, 0.25) is 5.88 Å². The van der Waals surface area contributed by atoms with E-state index < -0.39 is 23.5 Å². The summed E-state index contributed by atoms with van der Waals surface area (Å²) in [6, 6.07) is 12.3. The molecule has 1 saturated carbocycles. The van der Waals surface area contributed by atoms with Crippen LogP contribution in [0.5, 0.6) is 11.6 Å². The predicted octanol–water partition coefficient (Wildman–Crippen LogP) is 8.27. The highest BCUT2D eigenvalue weighted by Crippen LogP contribution is 2.51. The van der Waals surface area contributed by atoms with Crippen LogP contribution in [0.25, 0.3) is 11.1 Å². The Kier molecular flexibility index (Phi) is 8.88. The number of rotatable bonds is 11. The minimum atomic E-state index is -0.954. The van der Waals surface area contributed by atoms with Gasteiger partial charge >= 0.3 is 5.97 Å². The molecule has 0 unspecified atom stereocenters. The molecule has 0 bridgehead atoms. The number of hydrogen-bond donors (Lipinski definition) is 1. The minimum absolute atomic E-state index is 0.0424. The number of hydrogen-bond acceptors (Lipinski definition) is 4. The van der Waals surface area contributed by atoms with Crippen LogP contribution < -0.4 is 9.47 Å². The van der Waals surface area contributed by atoms with E-state index in [9.17, 15) is 14.3 Å². The van der Waals surface area contributed by atoms with Crippen molar-refractivity contribution < 1.29 is 28.2 Å². The summed E-state index contributed by atoms with van der Waals surface area (Å²) in [5.41, 5.74) is 3.51. The number of carbonyl (C=O) groups is 1. The molecular weight excluding hydrogens is 500 g/mol. The van der Waals surface area contributed by atoms with Crippen molar-refractivity contribution in [3.63, 3.8) is 0 Å². The summed E-state index contributed by atoms with van der Waals surface area (Å²) in [5, 5.41) is 9.30. The topological polar surface area (TPSA) is 68.7 Å². The Bertz CT molecular complexity index is 1320. The summed E-state index contributed by atoms with van der Waals surface area (Å²) in [7, 11) is 1.51. The molecule has 2 aromatic carbocycles. The van der Waals surface area contributed by atoms with Gasteiger partial charge in [0.05, 0.1) is 19.7 Å². The Balaban J connectivity index is 1.67. The number of carboxylic acid groups (broad SMARTS) is 1. The van der Waals surface area contributed by atoms with Crippen molar-refractivity contribution in [2.75, 3.05) is 7.11 Å². The van der Waals surface area contributed by atoms with E-state index in [2.05, 4.69) is 18.8 Å². The van der Waals surface area contributed by atoms with Gasteiger partial charge in [0, 0.05) is 11.6 Å². The molecule has 0 amide bonds. The van der Waals surface area contributed by atoms with Crippen LogP contribution in [-0.4, -0.2) is 23.2 Å². The van der Waals surface area contributed by atoms with Gasteiger partial charge in [0.1, 0.15) is 12.4 Å². The smallest absolute Gasteiger partial charge is 0.303 e. The number of ether oxygens (including phenoxy) is 2. The third-order valence-electron chi connectivity index (χ3n) is 7.96. The zero-order chi connectivity index (χ0) is 28.2. The summed E-state index contributed by atoms with van der Waals surface area (Å²) in [6.45, 7) is 6.56. The normalized spacial score (nSPS) is 17.1. The quantitative estimate of drug-likeness (QED) is 0.267. The van der Waals surface area contributed by atoms with Gasteiger partial charge in [-0.1, -0.05) is 63.9 Å². The largest absolute Gasteiger partial charge is 0.486 e. The van der Waals surface area contributed by atoms with Gasteiger partial charge in [-0.05, 0) is 64.8 Å². The standard InChI is InChI=1S/C32H37F2NO4/c1-5-8-21(16-30(36)37)22-9-6-11-28(31(22)34)39-19-20-12-13-23(25-17-29(38-4)35-18-27(25)33)24(15-20)26-10-7-14-32(26,2)3/h6,9,11-13,15,17-18,21,26H,5,7-8,10,14,16,19H2,1-4H3,(H,36,37)/t21-,26+/m0/s1. The lowest BCUT2D eigenvalue weighted by Gasteiger charge is -2.30. The van der Waals surface area contributed by atoms with E-state index in [0.717, 1.165) is 42.4 Å². The van der Waals surface area contributed by atoms with Gasteiger partial charge in [-0.3, -0.25) is 4.79 Å². The molecule has 0 saturated heterocycles. The summed E-state index contributed by atoms with van der Waals surface area (Å²) in [5.74, 6) is -1.65. The van der Waals surface area contributed by atoms with E-state index in [0.29, 0.717) is 23.4 Å². The van der Waals surface area contributed by atoms with Gasteiger partial charge < -0.3 is 14.6 Å². The number of benzene rings is 2. The second-order valence-electron chi connectivity index (χ2n) is 11.1. The van der Waals surface area contributed by atoms with E-state index in [4.69, 9.17) is 9.47 Å². The monoisotopic (exact) mass is 537 g/mol. The zero-order valence-electron chi connectivity index (χ0n) is 23.1. The molecule has 1 N–H and O–H groups in total. The predicted molar refractivity (Wildman–Crippen MR) is 147 cm³/mol. The first-order chi connectivity index (χ1) is 18.6. The van der Waals surface area contributed by atoms with E-state index >= 15 is 4.39 Å². The van der Waals surface area contributed by atoms with E-state index in [1.54, 1.807) is 24.3 Å². The summed E-state index contributed by atoms with van der Waals surface area (Å²) < 4.78 is 41.6. The fourth-order valence-electron chi connectivity index (χ4n) is 5.92. The molecule has 7 heteroatoms. The van der Waals surface area contributed by atoms with Crippen molar-refractivity contribution in [1.82, 2.24) is 4.98 Å². The van der Waals surface area contributed by atoms with Crippen LogP contribution >= 0.6 is 0 Å². The van der Waals surface area contributed by atoms with Crippen molar-refractivity contribution >= 4 is 5.97 Å². The van der Waals surface area contributed by atoms with Gasteiger partial charge in [-0.25, -0.2) is 13.8 Å². The van der Waals surface area contributed by atoms with Gasteiger partial charge in [0.15, 0.2) is 11.6 Å². The van der Waals surface area contributed by atoms with Crippen LogP contribution in [0.15, 0.2) is 48.7 Å². The summed E-state index contributed by atoms with van der Waals surface area (Å²) >= 11 is 0. The van der Waals surface area contributed by atoms with Crippen LogP contribution in [0.3, 0.4) is 0 Å². The molecule has 208 valence electrons. The molecule has 5 nitrogen and oxygen atoms in total. The maximum absolute atomic E-state index is 15.4. The first kappa shape index (κ1) is 28.5. The highest BCUT2D eigenvalue weighted by Gasteiger charge is 2.37. The van der Waals surface area contributed by atoms with E-state index in [-0.39, 0.29) is 30.1 Å². The summed E-state index contributed by atoms with van der Waals surface area (Å²) in [6.07, 6.45) is 5.53. The van der Waals surface area contributed by atoms with E-state index in [1.165, 1.54) is 13.3 Å². The number of aliphatic carboxylic acids is 1. The van der Waals surface area contributed by atoms with Crippen LogP contribution in [0.1, 0.15) is 87.8 Å². The molecule has 39 heavy (non-hydrogen) atoms. The van der Waals surface area contributed by atoms with Gasteiger partial charge in [-0.2, -0.15) is 0 Å². The molecule has 1 aliphatic rings. The molecule has 1 aromatic heterocycles. The Morgan fingerprint density at radius 3 is 2.64 bits per heavy atom. The maximum atomic E-state index is 15.4. The van der Waals surface area contributed by atoms with Crippen molar-refractivity contribution in [2.24, 2.45) is 5.41 Å². The molecule has 1 aliphatic carbocycles. The fraction of sp³-hybridized carbons (Fsp3) is 0.438. The highest BCUT2D eigenvalue weighted by molar-refractivity contribution is 5.70. The fourth-order valence-corrected chi connectivity index (χ4v) is 5.92. The molecule has 0 aliphatic heterocycles. The molecule has 3 aromatic rings. The molecule has 1 heterocycles.